The van der Waals surface area contributed by atoms with Crippen molar-refractivity contribution in [3.05, 3.63) is 9.63 Å². The predicted octanol–water partition coefficient (Wildman–Crippen LogP) is 3.15. The van der Waals surface area contributed by atoms with E-state index in [9.17, 15) is 0 Å². The molecule has 0 amide bonds. The molecule has 0 N–H and O–H groups in total. The highest BCUT2D eigenvalue weighted by atomic mass is 28.3. The van der Waals surface area contributed by atoms with E-state index < -0.39 is 22.6 Å². The molecule has 0 unspecified atom stereocenters. The molecule has 1 rings (SSSR count). The Kier molecular flexibility index (Phi) is 3.82. The van der Waals surface area contributed by atoms with Gasteiger partial charge >= 0.3 is 14.5 Å². The summed E-state index contributed by atoms with van der Waals surface area (Å²) in [6, 6.07) is 0. The van der Waals surface area contributed by atoms with Gasteiger partial charge in [0.05, 0.1) is 8.07 Å². The second-order valence-corrected chi connectivity index (χ2v) is 12.9. The molecule has 74 valence electrons. The van der Waals surface area contributed by atoms with Gasteiger partial charge in [-0.05, 0) is 19.8 Å². The molecule has 1 nitrogen and oxygen atoms in total. The van der Waals surface area contributed by atoms with Crippen molar-refractivity contribution in [3.8, 4) is 0 Å². The Morgan fingerprint density at radius 2 is 1.92 bits per heavy atom. The average molecular weight is 212 g/mol. The van der Waals surface area contributed by atoms with E-state index in [1.807, 2.05) is 0 Å². The van der Waals surface area contributed by atoms with Crippen molar-refractivity contribution in [2.45, 2.75) is 45.2 Å². The van der Waals surface area contributed by atoms with Crippen molar-refractivity contribution in [2.75, 3.05) is 6.61 Å². The first-order chi connectivity index (χ1) is 5.93. The van der Waals surface area contributed by atoms with Crippen LogP contribution in [0, 0.1) is 0 Å². The smallest absolute Gasteiger partial charge is 0.490 e. The SMILES string of the molecule is CC1=[C]([Si](C)(C)C)[Al]([CH3])[O]CCC1. The second kappa shape index (κ2) is 4.31. The van der Waals surface area contributed by atoms with Gasteiger partial charge in [0.1, 0.15) is 0 Å². The molecule has 0 bridgehead atoms. The van der Waals surface area contributed by atoms with Crippen molar-refractivity contribution in [2.24, 2.45) is 0 Å². The van der Waals surface area contributed by atoms with Gasteiger partial charge in [0.25, 0.3) is 0 Å². The molecule has 0 aromatic heterocycles. The van der Waals surface area contributed by atoms with E-state index in [-0.39, 0.29) is 0 Å². The summed E-state index contributed by atoms with van der Waals surface area (Å²) < 4.78 is 7.71. The van der Waals surface area contributed by atoms with Gasteiger partial charge < -0.3 is 3.79 Å². The lowest BCUT2D eigenvalue weighted by Gasteiger charge is -2.25. The zero-order valence-corrected chi connectivity index (χ0v) is 11.8. The first kappa shape index (κ1) is 11.5. The zero-order valence-electron chi connectivity index (χ0n) is 9.61. The molecule has 1 aliphatic rings. The molecule has 0 saturated heterocycles. The largest absolute Gasteiger partial charge is 0.498 e. The van der Waals surface area contributed by atoms with Crippen LogP contribution in [0.1, 0.15) is 19.8 Å². The second-order valence-electron chi connectivity index (χ2n) is 5.06. The summed E-state index contributed by atoms with van der Waals surface area (Å²) in [6.45, 7) is 10.7. The van der Waals surface area contributed by atoms with Crippen LogP contribution >= 0.6 is 0 Å². The highest BCUT2D eigenvalue weighted by Gasteiger charge is 2.33. The Bertz CT molecular complexity index is 217. The molecule has 0 aliphatic carbocycles. The maximum Gasteiger partial charge on any atom is 0.490 e. The van der Waals surface area contributed by atoms with Crippen molar-refractivity contribution < 1.29 is 3.79 Å². The standard InChI is InChI=1S/C9H18OSi.CH3.Al/c1-9(6-5-7-10)8-11(2,3)4;;/h5-7H2,1-4H3;1H3;/q-1;;+1. The first-order valence-electron chi connectivity index (χ1n) is 5.24. The van der Waals surface area contributed by atoms with Crippen LogP contribution < -0.4 is 0 Å². The molecular formula is C10H21AlOSi. The molecule has 1 aliphatic heterocycles. The van der Waals surface area contributed by atoms with Gasteiger partial charge in [-0.25, -0.2) is 0 Å². The van der Waals surface area contributed by atoms with Crippen LogP contribution in [-0.2, 0) is 3.79 Å². The molecule has 0 atom stereocenters. The minimum absolute atomic E-state index is 0.996. The van der Waals surface area contributed by atoms with Gasteiger partial charge in [-0.3, -0.25) is 0 Å². The maximum absolute atomic E-state index is 5.93. The van der Waals surface area contributed by atoms with Crippen molar-refractivity contribution in [1.82, 2.24) is 0 Å². The van der Waals surface area contributed by atoms with Gasteiger partial charge in [-0.15, -0.1) is 4.06 Å². The molecular weight excluding hydrogens is 191 g/mol. The van der Waals surface area contributed by atoms with E-state index in [1.54, 1.807) is 9.63 Å². The van der Waals surface area contributed by atoms with Gasteiger partial charge in [0.15, 0.2) is 0 Å². The fourth-order valence-corrected chi connectivity index (χ4v) is 10.5. The Labute approximate surface area is 87.9 Å². The third-order valence-corrected chi connectivity index (χ3v) is 10.6. The van der Waals surface area contributed by atoms with Crippen LogP contribution in [0.5, 0.6) is 0 Å². The van der Waals surface area contributed by atoms with E-state index in [2.05, 4.69) is 32.4 Å². The van der Waals surface area contributed by atoms with Crippen molar-refractivity contribution in [3.63, 3.8) is 0 Å². The summed E-state index contributed by atoms with van der Waals surface area (Å²) >= 11 is -0.996. The average Bonchev–Trinajstić information content (AvgIpc) is 2.09. The van der Waals surface area contributed by atoms with E-state index in [0.29, 0.717) is 0 Å². The fourth-order valence-electron chi connectivity index (χ4n) is 2.41. The third kappa shape index (κ3) is 2.95. The molecule has 1 heterocycles. The minimum atomic E-state index is -1.10. The first-order valence-corrected chi connectivity index (χ1v) is 10.9. The molecule has 0 fully saturated rings. The Morgan fingerprint density at radius 3 is 2.46 bits per heavy atom. The highest BCUT2D eigenvalue weighted by Crippen LogP contribution is 2.26. The lowest BCUT2D eigenvalue weighted by atomic mass is 10.2. The summed E-state index contributed by atoms with van der Waals surface area (Å²) in [4.78, 5) is 0. The molecule has 0 aromatic rings. The maximum atomic E-state index is 5.93. The van der Waals surface area contributed by atoms with E-state index in [4.69, 9.17) is 3.79 Å². The number of hydrogen-bond acceptors (Lipinski definition) is 1. The molecule has 3 heteroatoms. The van der Waals surface area contributed by atoms with E-state index in [0.717, 1.165) is 6.61 Å². The molecule has 0 radical (unpaired) electrons. The quantitative estimate of drug-likeness (QED) is 0.607. The number of rotatable bonds is 1. The summed E-state index contributed by atoms with van der Waals surface area (Å²) in [6.07, 6.45) is 2.51. The Balaban J connectivity index is 2.97. The van der Waals surface area contributed by atoms with Gasteiger partial charge in [-0.2, -0.15) is 0 Å². The summed E-state index contributed by atoms with van der Waals surface area (Å²) in [5, 5.41) is 0. The number of hydrogen-bond donors (Lipinski definition) is 0. The van der Waals surface area contributed by atoms with Crippen LogP contribution in [0.4, 0.5) is 0 Å². The van der Waals surface area contributed by atoms with Crippen LogP contribution in [0.3, 0.4) is 0 Å². The monoisotopic (exact) mass is 212 g/mol. The normalized spacial score (nSPS) is 20.5. The Hall–Kier alpha value is 0.449. The summed E-state index contributed by atoms with van der Waals surface area (Å²) in [5.41, 5.74) is 1.66. The van der Waals surface area contributed by atoms with Gasteiger partial charge in [0.2, 0.25) is 0 Å². The third-order valence-electron chi connectivity index (χ3n) is 2.74. The van der Waals surface area contributed by atoms with Crippen LogP contribution in [0.15, 0.2) is 9.63 Å². The number of allylic oxidation sites excluding steroid dienone is 1. The van der Waals surface area contributed by atoms with Crippen LogP contribution in [0.2, 0.25) is 25.4 Å². The predicted molar refractivity (Wildman–Crippen MR) is 62.9 cm³/mol. The summed E-state index contributed by atoms with van der Waals surface area (Å²) in [7, 11) is -1.10. The van der Waals surface area contributed by atoms with Crippen LogP contribution in [-0.4, -0.2) is 29.2 Å². The van der Waals surface area contributed by atoms with E-state index in [1.165, 1.54) is 12.8 Å². The molecule has 0 saturated carbocycles. The fraction of sp³-hybridized carbons (Fsp3) is 0.800. The van der Waals surface area contributed by atoms with Crippen molar-refractivity contribution >= 4 is 22.6 Å². The van der Waals surface area contributed by atoms with E-state index >= 15 is 0 Å². The lowest BCUT2D eigenvalue weighted by Crippen LogP contribution is -2.35. The molecule has 0 spiro atoms. The molecule has 0 aromatic carbocycles. The summed E-state index contributed by atoms with van der Waals surface area (Å²) in [5.74, 6) is 2.35. The Morgan fingerprint density at radius 1 is 1.31 bits per heavy atom. The zero-order chi connectivity index (χ0) is 10.1. The topological polar surface area (TPSA) is 9.23 Å². The van der Waals surface area contributed by atoms with Crippen molar-refractivity contribution in [1.29, 1.82) is 0 Å². The van der Waals surface area contributed by atoms with Crippen LogP contribution in [0.25, 0.3) is 0 Å². The van der Waals surface area contributed by atoms with Gasteiger partial charge in [0, 0.05) is 6.61 Å². The molecule has 13 heavy (non-hydrogen) atoms. The van der Waals surface area contributed by atoms with Gasteiger partial charge in [-0.1, -0.05) is 31.0 Å². The highest BCUT2D eigenvalue weighted by molar-refractivity contribution is 6.96. The minimum Gasteiger partial charge on any atom is -0.498 e. The lowest BCUT2D eigenvalue weighted by molar-refractivity contribution is 0.325.